The summed E-state index contributed by atoms with van der Waals surface area (Å²) in [6.07, 6.45) is 1.90. The Kier molecular flexibility index (Phi) is 6.34. The Morgan fingerprint density at radius 2 is 1.61 bits per heavy atom. The summed E-state index contributed by atoms with van der Waals surface area (Å²) >= 11 is 0. The number of unbranched alkanes of at least 4 members (excludes halogenated alkanes) is 1. The van der Waals surface area contributed by atoms with Gasteiger partial charge in [-0.3, -0.25) is 4.79 Å². The van der Waals surface area contributed by atoms with E-state index in [1.54, 1.807) is 14.1 Å². The van der Waals surface area contributed by atoms with Crippen molar-refractivity contribution < 1.29 is 14.3 Å². The van der Waals surface area contributed by atoms with Crippen LogP contribution < -0.4 is 5.32 Å². The number of benzene rings is 2. The van der Waals surface area contributed by atoms with Crippen molar-refractivity contribution in [2.45, 2.75) is 38.1 Å². The zero-order chi connectivity index (χ0) is 20.1. The van der Waals surface area contributed by atoms with Crippen LogP contribution in [0.25, 0.3) is 11.1 Å². The van der Waals surface area contributed by atoms with Gasteiger partial charge in [-0.1, -0.05) is 68.3 Å². The number of ether oxygens (including phenoxy) is 1. The highest BCUT2D eigenvalue weighted by Gasteiger charge is 2.29. The average Bonchev–Trinajstić information content (AvgIpc) is 3.03. The molecule has 1 aliphatic rings. The lowest BCUT2D eigenvalue weighted by Crippen LogP contribution is -2.46. The summed E-state index contributed by atoms with van der Waals surface area (Å²) < 4.78 is 5.56. The maximum Gasteiger partial charge on any atom is 0.407 e. The molecule has 0 fully saturated rings. The molecule has 1 aliphatic carbocycles. The minimum Gasteiger partial charge on any atom is -0.449 e. The molecule has 1 atom stereocenters. The number of alkyl carbamates (subject to hydrolysis) is 1. The number of nitrogens with one attached hydrogen (secondary N) is 1. The van der Waals surface area contributed by atoms with Crippen LogP contribution in [0.15, 0.2) is 48.5 Å². The number of nitrogens with zero attached hydrogens (tertiary/aromatic N) is 1. The van der Waals surface area contributed by atoms with Gasteiger partial charge in [0, 0.05) is 20.0 Å². The van der Waals surface area contributed by atoms with Crippen LogP contribution in [0.5, 0.6) is 0 Å². The van der Waals surface area contributed by atoms with Crippen molar-refractivity contribution in [3.05, 3.63) is 59.7 Å². The van der Waals surface area contributed by atoms with Crippen molar-refractivity contribution in [2.24, 2.45) is 0 Å². The number of carbonyl (C=O) groups is 2. The van der Waals surface area contributed by atoms with Gasteiger partial charge in [0.1, 0.15) is 12.6 Å². The van der Waals surface area contributed by atoms with Crippen molar-refractivity contribution in [2.75, 3.05) is 20.7 Å². The molecule has 0 heterocycles. The fraction of sp³-hybridized carbons (Fsp3) is 0.391. The molecule has 5 nitrogen and oxygen atoms in total. The molecule has 0 aromatic heterocycles. The number of carbonyl (C=O) groups excluding carboxylic acids is 2. The van der Waals surface area contributed by atoms with E-state index in [2.05, 4.69) is 36.5 Å². The van der Waals surface area contributed by atoms with E-state index in [0.29, 0.717) is 6.42 Å². The first-order chi connectivity index (χ1) is 13.5. The second-order valence-electron chi connectivity index (χ2n) is 7.40. The van der Waals surface area contributed by atoms with Gasteiger partial charge in [0.15, 0.2) is 0 Å². The lowest BCUT2D eigenvalue weighted by atomic mass is 9.98. The van der Waals surface area contributed by atoms with Crippen molar-refractivity contribution >= 4 is 12.0 Å². The number of likely N-dealkylation sites (N-methyl/N-ethyl adjacent to an activating group) is 1. The predicted molar refractivity (Wildman–Crippen MR) is 110 cm³/mol. The zero-order valence-corrected chi connectivity index (χ0v) is 16.8. The Morgan fingerprint density at radius 3 is 2.14 bits per heavy atom. The predicted octanol–water partition coefficient (Wildman–Crippen LogP) is 4.17. The van der Waals surface area contributed by atoms with E-state index < -0.39 is 12.1 Å². The quantitative estimate of drug-likeness (QED) is 0.784. The molecule has 0 spiro atoms. The smallest absolute Gasteiger partial charge is 0.407 e. The van der Waals surface area contributed by atoms with E-state index >= 15 is 0 Å². The Bertz CT molecular complexity index is 802. The second kappa shape index (κ2) is 8.91. The lowest BCUT2D eigenvalue weighted by Gasteiger charge is -2.22. The Hall–Kier alpha value is -2.82. The molecule has 148 valence electrons. The molecular weight excluding hydrogens is 352 g/mol. The topological polar surface area (TPSA) is 58.6 Å². The van der Waals surface area contributed by atoms with E-state index in [4.69, 9.17) is 4.74 Å². The van der Waals surface area contributed by atoms with Gasteiger partial charge in [-0.25, -0.2) is 4.79 Å². The van der Waals surface area contributed by atoms with Gasteiger partial charge >= 0.3 is 6.09 Å². The Labute approximate surface area is 166 Å². The van der Waals surface area contributed by atoms with Crippen LogP contribution in [0.2, 0.25) is 0 Å². The highest BCUT2D eigenvalue weighted by molar-refractivity contribution is 5.85. The normalized spacial score (nSPS) is 13.4. The maximum absolute atomic E-state index is 12.4. The number of rotatable bonds is 7. The standard InChI is InChI=1S/C23H28N2O3/c1-4-5-14-21(22(26)25(2)3)24-23(27)28-15-20-18-12-8-6-10-16(18)17-11-7-9-13-19(17)20/h6-13,20-21H,4-5,14-15H2,1-3H3,(H,24,27)/t21-/m0/s1. The van der Waals surface area contributed by atoms with Gasteiger partial charge in [-0.2, -0.15) is 0 Å². The van der Waals surface area contributed by atoms with Crippen LogP contribution >= 0.6 is 0 Å². The number of amides is 2. The van der Waals surface area contributed by atoms with E-state index in [-0.39, 0.29) is 18.4 Å². The van der Waals surface area contributed by atoms with Crippen LogP contribution in [0.4, 0.5) is 4.79 Å². The summed E-state index contributed by atoms with van der Waals surface area (Å²) in [7, 11) is 3.39. The van der Waals surface area contributed by atoms with Crippen LogP contribution in [0.1, 0.15) is 43.2 Å². The summed E-state index contributed by atoms with van der Waals surface area (Å²) in [5.74, 6) is -0.0984. The van der Waals surface area contributed by atoms with Crippen molar-refractivity contribution in [3.8, 4) is 11.1 Å². The fourth-order valence-corrected chi connectivity index (χ4v) is 3.76. The van der Waals surface area contributed by atoms with E-state index in [1.165, 1.54) is 27.2 Å². The fourth-order valence-electron chi connectivity index (χ4n) is 3.76. The van der Waals surface area contributed by atoms with Gasteiger partial charge < -0.3 is 15.0 Å². The van der Waals surface area contributed by atoms with Crippen molar-refractivity contribution in [1.29, 1.82) is 0 Å². The highest BCUT2D eigenvalue weighted by Crippen LogP contribution is 2.44. The maximum atomic E-state index is 12.4. The molecule has 0 unspecified atom stereocenters. The van der Waals surface area contributed by atoms with Gasteiger partial charge in [0.25, 0.3) is 0 Å². The molecule has 0 saturated carbocycles. The number of hydrogen-bond donors (Lipinski definition) is 1. The van der Waals surface area contributed by atoms with Gasteiger partial charge in [0.2, 0.25) is 5.91 Å². The summed E-state index contributed by atoms with van der Waals surface area (Å²) in [6, 6.07) is 15.9. The molecule has 3 rings (SSSR count). The molecule has 28 heavy (non-hydrogen) atoms. The van der Waals surface area contributed by atoms with Gasteiger partial charge in [-0.05, 0) is 28.7 Å². The van der Waals surface area contributed by atoms with Gasteiger partial charge in [-0.15, -0.1) is 0 Å². The molecule has 5 heteroatoms. The van der Waals surface area contributed by atoms with E-state index in [0.717, 1.165) is 12.8 Å². The van der Waals surface area contributed by atoms with Crippen LogP contribution in [0, 0.1) is 0 Å². The molecule has 0 bridgehead atoms. The summed E-state index contributed by atoms with van der Waals surface area (Å²) in [6.45, 7) is 2.31. The van der Waals surface area contributed by atoms with E-state index in [1.807, 2.05) is 24.3 Å². The van der Waals surface area contributed by atoms with Crippen LogP contribution in [0.3, 0.4) is 0 Å². The van der Waals surface area contributed by atoms with Crippen molar-refractivity contribution in [3.63, 3.8) is 0 Å². The Morgan fingerprint density at radius 1 is 1.04 bits per heavy atom. The molecular formula is C23H28N2O3. The number of fused-ring (bicyclic) bond motifs is 3. The molecule has 0 aliphatic heterocycles. The highest BCUT2D eigenvalue weighted by atomic mass is 16.5. The summed E-state index contributed by atoms with van der Waals surface area (Å²) in [5.41, 5.74) is 4.72. The molecule has 2 aromatic carbocycles. The third kappa shape index (κ3) is 4.19. The molecule has 0 saturated heterocycles. The summed E-state index contributed by atoms with van der Waals surface area (Å²) in [5, 5.41) is 2.75. The van der Waals surface area contributed by atoms with E-state index in [9.17, 15) is 9.59 Å². The van der Waals surface area contributed by atoms with Crippen molar-refractivity contribution in [1.82, 2.24) is 10.2 Å². The lowest BCUT2D eigenvalue weighted by molar-refractivity contribution is -0.131. The SMILES string of the molecule is CCCC[C@H](NC(=O)OCC1c2ccccc2-c2ccccc21)C(=O)N(C)C. The number of hydrogen-bond acceptors (Lipinski definition) is 3. The zero-order valence-electron chi connectivity index (χ0n) is 16.8. The second-order valence-corrected chi connectivity index (χ2v) is 7.40. The van der Waals surface area contributed by atoms with Crippen LogP contribution in [-0.2, 0) is 9.53 Å². The minimum atomic E-state index is -0.550. The van der Waals surface area contributed by atoms with Gasteiger partial charge in [0.05, 0.1) is 0 Å². The first-order valence-electron chi connectivity index (χ1n) is 9.85. The monoisotopic (exact) mass is 380 g/mol. The largest absolute Gasteiger partial charge is 0.449 e. The molecule has 2 amide bonds. The third-order valence-corrected chi connectivity index (χ3v) is 5.22. The average molecular weight is 380 g/mol. The Balaban J connectivity index is 1.68. The molecule has 0 radical (unpaired) electrons. The molecule has 2 aromatic rings. The first kappa shape index (κ1) is 19.9. The first-order valence-corrected chi connectivity index (χ1v) is 9.85. The minimum absolute atomic E-state index is 0.0109. The van der Waals surface area contributed by atoms with Crippen LogP contribution in [-0.4, -0.2) is 43.6 Å². The summed E-state index contributed by atoms with van der Waals surface area (Å²) in [4.78, 5) is 26.3. The molecule has 1 N–H and O–H groups in total. The third-order valence-electron chi connectivity index (χ3n) is 5.22.